The molecule has 198 valence electrons. The molecule has 0 bridgehead atoms. The van der Waals surface area contributed by atoms with Gasteiger partial charge in [0, 0.05) is 25.2 Å². The van der Waals surface area contributed by atoms with Gasteiger partial charge in [-0.1, -0.05) is 91.0 Å². The molecule has 2 aromatic heterocycles. The molecule has 42 heavy (non-hydrogen) atoms. The monoisotopic (exact) mass is 665 g/mol. The van der Waals surface area contributed by atoms with Gasteiger partial charge >= 0.3 is 0 Å². The van der Waals surface area contributed by atoms with Crippen LogP contribution in [-0.4, -0.2) is 4.98 Å². The zero-order valence-corrected chi connectivity index (χ0v) is 25.6. The largest absolute Gasteiger partial charge is 0.245 e. The molecule has 2 heterocycles. The Morgan fingerprint density at radius 1 is 0.429 bits per heavy atom. The van der Waals surface area contributed by atoms with Gasteiger partial charge < -0.3 is 0 Å². The lowest BCUT2D eigenvalue weighted by molar-refractivity contribution is 1.45. The summed E-state index contributed by atoms with van der Waals surface area (Å²) in [7, 11) is 0. The van der Waals surface area contributed by atoms with Gasteiger partial charge in [0.05, 0.1) is 0 Å². The predicted molar refractivity (Wildman–Crippen MR) is 189 cm³/mol. The normalized spacial score (nSPS) is 11.5. The molecule has 8 rings (SSSR count). The minimum Gasteiger partial charge on any atom is -0.245 e. The highest BCUT2D eigenvalue weighted by atomic mass is 127. The maximum absolute atomic E-state index is 4.55. The summed E-state index contributed by atoms with van der Waals surface area (Å²) in [6.07, 6.45) is 1.87. The summed E-state index contributed by atoms with van der Waals surface area (Å²) in [5, 5.41) is 5.01. The first-order chi connectivity index (χ1) is 20.7. The lowest BCUT2D eigenvalue weighted by Crippen LogP contribution is -1.84. The molecule has 0 amide bonds. The van der Waals surface area contributed by atoms with Crippen LogP contribution in [0, 0.1) is 3.57 Å². The second kappa shape index (κ2) is 10.5. The average Bonchev–Trinajstić information content (AvgIpc) is 3.43. The number of nitrogens with zero attached hydrogens (tertiary/aromatic N) is 1. The van der Waals surface area contributed by atoms with E-state index < -0.39 is 0 Å². The Kier molecular flexibility index (Phi) is 6.35. The van der Waals surface area contributed by atoms with Gasteiger partial charge in [0.1, 0.15) is 4.83 Å². The van der Waals surface area contributed by atoms with E-state index in [0.717, 1.165) is 4.83 Å². The predicted octanol–water partition coefficient (Wildman–Crippen LogP) is 11.9. The van der Waals surface area contributed by atoms with Crippen LogP contribution < -0.4 is 0 Å². The minimum absolute atomic E-state index is 1.10. The molecular weight excluding hydrogens is 641 g/mol. The average molecular weight is 666 g/mol. The zero-order chi connectivity index (χ0) is 28.0. The van der Waals surface area contributed by atoms with Crippen LogP contribution in [0.15, 0.2) is 146 Å². The number of aromatic nitrogens is 1. The first kappa shape index (κ1) is 25.4. The van der Waals surface area contributed by atoms with Crippen LogP contribution in [0.4, 0.5) is 0 Å². The molecule has 6 aromatic carbocycles. The number of halogens is 1. The lowest BCUT2D eigenvalue weighted by atomic mass is 9.95. The standard InChI is InChI=1S/C39H24INS/c40-35-18-15-26(16-19-35)25-3-5-27(6-4-25)31-13-11-30-12-14-32(23-34(30)22-31)28-7-9-29(10-8-28)33-17-20-38-37(24-33)36-2-1-21-41-39(36)42-38/h1-24H. The van der Waals surface area contributed by atoms with E-state index in [4.69, 9.17) is 0 Å². The van der Waals surface area contributed by atoms with Gasteiger partial charge in [0.25, 0.3) is 0 Å². The quantitative estimate of drug-likeness (QED) is 0.171. The molecule has 0 unspecified atom stereocenters. The molecule has 0 N–H and O–H groups in total. The van der Waals surface area contributed by atoms with Crippen LogP contribution in [0.25, 0.3) is 75.6 Å². The van der Waals surface area contributed by atoms with Gasteiger partial charge in [-0.25, -0.2) is 4.98 Å². The number of rotatable bonds is 4. The molecule has 0 atom stereocenters. The summed E-state index contributed by atoms with van der Waals surface area (Å²) in [5.74, 6) is 0. The van der Waals surface area contributed by atoms with Gasteiger partial charge in [-0.05, 0) is 126 Å². The number of hydrogen-bond donors (Lipinski definition) is 0. The Hall–Kier alpha value is -4.32. The van der Waals surface area contributed by atoms with Crippen LogP contribution in [-0.2, 0) is 0 Å². The summed E-state index contributed by atoms with van der Waals surface area (Å²) in [6.45, 7) is 0. The summed E-state index contributed by atoms with van der Waals surface area (Å²) in [6, 6.07) is 51.0. The minimum atomic E-state index is 1.10. The van der Waals surface area contributed by atoms with Crippen LogP contribution in [0.3, 0.4) is 0 Å². The first-order valence-corrected chi connectivity index (χ1v) is 15.9. The van der Waals surface area contributed by atoms with Crippen molar-refractivity contribution in [3.63, 3.8) is 0 Å². The van der Waals surface area contributed by atoms with Gasteiger partial charge in [0.2, 0.25) is 0 Å². The van der Waals surface area contributed by atoms with Gasteiger partial charge in [-0.3, -0.25) is 0 Å². The Labute approximate surface area is 262 Å². The highest BCUT2D eigenvalue weighted by Gasteiger charge is 2.09. The SMILES string of the molecule is Ic1ccc(-c2ccc(-c3ccc4ccc(-c5ccc(-c6ccc7sc8ncccc8c7c6)cc5)cc4c3)cc2)cc1. The number of thiophene rings is 1. The van der Waals surface area contributed by atoms with Crippen molar-refractivity contribution in [1.29, 1.82) is 0 Å². The lowest BCUT2D eigenvalue weighted by Gasteiger charge is -2.09. The molecule has 0 radical (unpaired) electrons. The third-order valence-corrected chi connectivity index (χ3v) is 9.85. The van der Waals surface area contributed by atoms with Gasteiger partial charge in [-0.2, -0.15) is 0 Å². The topological polar surface area (TPSA) is 12.9 Å². The number of fused-ring (bicyclic) bond motifs is 4. The van der Waals surface area contributed by atoms with Crippen molar-refractivity contribution in [2.45, 2.75) is 0 Å². The summed E-state index contributed by atoms with van der Waals surface area (Å²) in [5.41, 5.74) is 9.85. The van der Waals surface area contributed by atoms with E-state index >= 15 is 0 Å². The van der Waals surface area contributed by atoms with E-state index in [1.165, 1.54) is 74.3 Å². The van der Waals surface area contributed by atoms with Crippen LogP contribution >= 0.6 is 33.9 Å². The van der Waals surface area contributed by atoms with Crippen LogP contribution in [0.1, 0.15) is 0 Å². The number of hydrogen-bond acceptors (Lipinski definition) is 2. The zero-order valence-electron chi connectivity index (χ0n) is 22.6. The Morgan fingerprint density at radius 3 is 1.50 bits per heavy atom. The van der Waals surface area contributed by atoms with Crippen LogP contribution in [0.2, 0.25) is 0 Å². The van der Waals surface area contributed by atoms with Gasteiger partial charge in [0.15, 0.2) is 0 Å². The maximum atomic E-state index is 4.55. The molecule has 1 nitrogen and oxygen atoms in total. The van der Waals surface area contributed by atoms with Crippen molar-refractivity contribution in [3.8, 4) is 44.5 Å². The van der Waals surface area contributed by atoms with E-state index in [0.29, 0.717) is 0 Å². The van der Waals surface area contributed by atoms with Gasteiger partial charge in [-0.15, -0.1) is 11.3 Å². The maximum Gasteiger partial charge on any atom is 0.124 e. The Morgan fingerprint density at radius 2 is 0.905 bits per heavy atom. The molecule has 0 fully saturated rings. The van der Waals surface area contributed by atoms with E-state index in [1.54, 1.807) is 11.3 Å². The van der Waals surface area contributed by atoms with Crippen molar-refractivity contribution < 1.29 is 0 Å². The number of benzene rings is 6. The fourth-order valence-electron chi connectivity index (χ4n) is 5.75. The summed E-state index contributed by atoms with van der Waals surface area (Å²) < 4.78 is 2.53. The number of pyridine rings is 1. The highest BCUT2D eigenvalue weighted by molar-refractivity contribution is 14.1. The first-order valence-electron chi connectivity index (χ1n) is 14.0. The van der Waals surface area contributed by atoms with Crippen molar-refractivity contribution in [1.82, 2.24) is 4.98 Å². The van der Waals surface area contributed by atoms with E-state index in [2.05, 4.69) is 161 Å². The van der Waals surface area contributed by atoms with E-state index in [1.807, 2.05) is 12.3 Å². The molecule has 3 heteroatoms. The van der Waals surface area contributed by atoms with Crippen molar-refractivity contribution in [3.05, 3.63) is 149 Å². The van der Waals surface area contributed by atoms with E-state index in [9.17, 15) is 0 Å². The Bertz CT molecular complexity index is 2230. The molecule has 0 aliphatic heterocycles. The molecule has 0 aliphatic rings. The van der Waals surface area contributed by atoms with Crippen molar-refractivity contribution in [2.75, 3.05) is 0 Å². The van der Waals surface area contributed by atoms with E-state index in [-0.39, 0.29) is 0 Å². The van der Waals surface area contributed by atoms with Crippen molar-refractivity contribution in [2.24, 2.45) is 0 Å². The smallest absolute Gasteiger partial charge is 0.124 e. The molecule has 0 saturated carbocycles. The second-order valence-corrected chi connectivity index (χ2v) is 12.9. The molecule has 0 aliphatic carbocycles. The molecule has 0 saturated heterocycles. The fraction of sp³-hybridized carbons (Fsp3) is 0. The Balaban J connectivity index is 1.08. The third kappa shape index (κ3) is 4.69. The second-order valence-electron chi connectivity index (χ2n) is 10.6. The summed E-state index contributed by atoms with van der Waals surface area (Å²) in [4.78, 5) is 5.64. The molecule has 8 aromatic rings. The molecule has 0 spiro atoms. The molecular formula is C39H24INS. The van der Waals surface area contributed by atoms with Crippen molar-refractivity contribution >= 4 is 65.0 Å². The highest BCUT2D eigenvalue weighted by Crippen LogP contribution is 2.36. The summed E-state index contributed by atoms with van der Waals surface area (Å²) >= 11 is 4.10. The van der Waals surface area contributed by atoms with Crippen LogP contribution in [0.5, 0.6) is 0 Å². The fourth-order valence-corrected chi connectivity index (χ4v) is 7.13. The third-order valence-electron chi connectivity index (χ3n) is 8.04.